The van der Waals surface area contributed by atoms with Gasteiger partial charge in [-0.25, -0.2) is 0 Å². The number of carbonyl (C=O) groups excluding carboxylic acids is 1. The van der Waals surface area contributed by atoms with Crippen molar-refractivity contribution in [3.05, 3.63) is 29.3 Å². The number of nitrogens with one attached hydrogen (secondary N) is 1. The summed E-state index contributed by atoms with van der Waals surface area (Å²) in [6.07, 6.45) is 1.72. The van der Waals surface area contributed by atoms with E-state index in [0.29, 0.717) is 12.5 Å². The van der Waals surface area contributed by atoms with Gasteiger partial charge in [-0.05, 0) is 44.2 Å². The third-order valence-corrected chi connectivity index (χ3v) is 3.16. The molecule has 1 aromatic rings. The summed E-state index contributed by atoms with van der Waals surface area (Å²) in [5.41, 5.74) is 8.08. The van der Waals surface area contributed by atoms with E-state index in [1.165, 1.54) is 5.56 Å². The zero-order valence-electron chi connectivity index (χ0n) is 13.6. The van der Waals surface area contributed by atoms with E-state index in [0.717, 1.165) is 24.2 Å². The van der Waals surface area contributed by atoms with Crippen LogP contribution in [0.3, 0.4) is 0 Å². The van der Waals surface area contributed by atoms with E-state index in [9.17, 15) is 4.79 Å². The van der Waals surface area contributed by atoms with Crippen molar-refractivity contribution in [2.75, 3.05) is 13.2 Å². The van der Waals surface area contributed by atoms with Gasteiger partial charge in [0.25, 0.3) is 5.91 Å². The molecule has 0 heterocycles. The predicted molar refractivity (Wildman–Crippen MR) is 86.5 cm³/mol. The lowest BCUT2D eigenvalue weighted by molar-refractivity contribution is -0.123. The molecule has 1 unspecified atom stereocenters. The standard InChI is InChI=1S/C17H28N2O2/c1-12(2)7-8-19-17(20)11-21-16-6-5-13(3)9-15(16)10-14(4)18/h5-6,9,12,14H,7-8,10-11,18H2,1-4H3,(H,19,20). The van der Waals surface area contributed by atoms with Gasteiger partial charge in [-0.2, -0.15) is 0 Å². The molecule has 0 bridgehead atoms. The van der Waals surface area contributed by atoms with Crippen LogP contribution in [0.25, 0.3) is 0 Å². The Morgan fingerprint density at radius 1 is 1.33 bits per heavy atom. The van der Waals surface area contributed by atoms with Gasteiger partial charge in [-0.1, -0.05) is 31.5 Å². The maximum atomic E-state index is 11.7. The van der Waals surface area contributed by atoms with Crippen LogP contribution in [0.1, 0.15) is 38.3 Å². The molecule has 118 valence electrons. The fourth-order valence-corrected chi connectivity index (χ4v) is 2.05. The Labute approximate surface area is 128 Å². The molecule has 1 amide bonds. The molecule has 0 saturated carbocycles. The minimum absolute atomic E-state index is 0.0487. The molecule has 4 heteroatoms. The average molecular weight is 292 g/mol. The maximum Gasteiger partial charge on any atom is 0.257 e. The smallest absolute Gasteiger partial charge is 0.257 e. The van der Waals surface area contributed by atoms with Crippen molar-refractivity contribution in [3.8, 4) is 5.75 Å². The lowest BCUT2D eigenvalue weighted by Gasteiger charge is -2.14. The van der Waals surface area contributed by atoms with Crippen molar-refractivity contribution in [1.29, 1.82) is 0 Å². The van der Waals surface area contributed by atoms with Crippen molar-refractivity contribution >= 4 is 5.91 Å². The monoisotopic (exact) mass is 292 g/mol. The van der Waals surface area contributed by atoms with Gasteiger partial charge in [-0.3, -0.25) is 4.79 Å². The second-order valence-corrected chi connectivity index (χ2v) is 6.11. The van der Waals surface area contributed by atoms with Crippen LogP contribution in [0.15, 0.2) is 18.2 Å². The van der Waals surface area contributed by atoms with Gasteiger partial charge in [0.2, 0.25) is 0 Å². The van der Waals surface area contributed by atoms with Crippen LogP contribution in [0.5, 0.6) is 5.75 Å². The second-order valence-electron chi connectivity index (χ2n) is 6.11. The second kappa shape index (κ2) is 8.67. The molecule has 0 aliphatic rings. The largest absolute Gasteiger partial charge is 0.483 e. The molecule has 0 fully saturated rings. The topological polar surface area (TPSA) is 64.3 Å². The van der Waals surface area contributed by atoms with E-state index in [1.54, 1.807) is 0 Å². The predicted octanol–water partition coefficient (Wildman–Crippen LogP) is 2.43. The molecule has 0 saturated heterocycles. The number of aryl methyl sites for hydroxylation is 1. The zero-order valence-corrected chi connectivity index (χ0v) is 13.6. The Bertz CT molecular complexity index is 456. The number of hydrogen-bond donors (Lipinski definition) is 2. The van der Waals surface area contributed by atoms with E-state index in [2.05, 4.69) is 25.2 Å². The molecule has 0 radical (unpaired) electrons. The summed E-state index contributed by atoms with van der Waals surface area (Å²) in [5.74, 6) is 1.25. The van der Waals surface area contributed by atoms with Crippen molar-refractivity contribution in [1.82, 2.24) is 5.32 Å². The van der Waals surface area contributed by atoms with Crippen LogP contribution in [0.4, 0.5) is 0 Å². The first kappa shape index (κ1) is 17.5. The third kappa shape index (κ3) is 7.14. The molecule has 1 rings (SSSR count). The summed E-state index contributed by atoms with van der Waals surface area (Å²) < 4.78 is 5.64. The number of carbonyl (C=O) groups is 1. The SMILES string of the molecule is Cc1ccc(OCC(=O)NCCC(C)C)c(CC(C)N)c1. The molecular weight excluding hydrogens is 264 g/mol. The van der Waals surface area contributed by atoms with Crippen LogP contribution in [0.2, 0.25) is 0 Å². The Balaban J connectivity index is 2.52. The first-order valence-corrected chi connectivity index (χ1v) is 7.63. The van der Waals surface area contributed by atoms with E-state index in [4.69, 9.17) is 10.5 Å². The number of hydrogen-bond acceptors (Lipinski definition) is 3. The van der Waals surface area contributed by atoms with E-state index < -0.39 is 0 Å². The molecular formula is C17H28N2O2. The highest BCUT2D eigenvalue weighted by Gasteiger charge is 2.09. The molecule has 21 heavy (non-hydrogen) atoms. The molecule has 0 spiro atoms. The molecule has 0 aliphatic carbocycles. The first-order chi connectivity index (χ1) is 9.88. The summed E-state index contributed by atoms with van der Waals surface area (Å²) in [6.45, 7) is 9.01. The first-order valence-electron chi connectivity index (χ1n) is 7.63. The average Bonchev–Trinajstić information content (AvgIpc) is 2.36. The van der Waals surface area contributed by atoms with Gasteiger partial charge in [-0.15, -0.1) is 0 Å². The molecule has 3 N–H and O–H groups in total. The minimum atomic E-state index is -0.0806. The fraction of sp³-hybridized carbons (Fsp3) is 0.588. The number of amides is 1. The number of nitrogens with two attached hydrogens (primary N) is 1. The van der Waals surface area contributed by atoms with Gasteiger partial charge >= 0.3 is 0 Å². The van der Waals surface area contributed by atoms with Crippen molar-refractivity contribution in [2.24, 2.45) is 11.7 Å². The molecule has 0 aromatic heterocycles. The van der Waals surface area contributed by atoms with Crippen molar-refractivity contribution < 1.29 is 9.53 Å². The lowest BCUT2D eigenvalue weighted by Crippen LogP contribution is -2.30. The highest BCUT2D eigenvalue weighted by molar-refractivity contribution is 5.77. The summed E-state index contributed by atoms with van der Waals surface area (Å²) in [5, 5.41) is 2.87. The molecule has 1 aromatic carbocycles. The van der Waals surface area contributed by atoms with Gasteiger partial charge in [0, 0.05) is 12.6 Å². The Hall–Kier alpha value is -1.55. The van der Waals surface area contributed by atoms with Crippen LogP contribution in [0, 0.1) is 12.8 Å². The van der Waals surface area contributed by atoms with E-state index in [-0.39, 0.29) is 18.6 Å². The van der Waals surface area contributed by atoms with Crippen molar-refractivity contribution in [3.63, 3.8) is 0 Å². The Kier molecular flexibility index (Phi) is 7.23. The Morgan fingerprint density at radius 2 is 2.05 bits per heavy atom. The van der Waals surface area contributed by atoms with Crippen LogP contribution in [-0.4, -0.2) is 25.1 Å². The highest BCUT2D eigenvalue weighted by atomic mass is 16.5. The number of ether oxygens (including phenoxy) is 1. The Morgan fingerprint density at radius 3 is 2.67 bits per heavy atom. The van der Waals surface area contributed by atoms with Gasteiger partial charge in [0.05, 0.1) is 0 Å². The van der Waals surface area contributed by atoms with Gasteiger partial charge in [0.1, 0.15) is 5.75 Å². The fourth-order valence-electron chi connectivity index (χ4n) is 2.05. The maximum absolute atomic E-state index is 11.7. The molecule has 4 nitrogen and oxygen atoms in total. The lowest BCUT2D eigenvalue weighted by atomic mass is 10.0. The highest BCUT2D eigenvalue weighted by Crippen LogP contribution is 2.21. The zero-order chi connectivity index (χ0) is 15.8. The summed E-state index contributed by atoms with van der Waals surface area (Å²) in [6, 6.07) is 6.02. The molecule has 1 atom stereocenters. The number of benzene rings is 1. The van der Waals surface area contributed by atoms with Crippen LogP contribution in [-0.2, 0) is 11.2 Å². The van der Waals surface area contributed by atoms with E-state index >= 15 is 0 Å². The van der Waals surface area contributed by atoms with Gasteiger partial charge in [0.15, 0.2) is 6.61 Å². The van der Waals surface area contributed by atoms with E-state index in [1.807, 2.05) is 26.0 Å². The summed E-state index contributed by atoms with van der Waals surface area (Å²) >= 11 is 0. The van der Waals surface area contributed by atoms with Crippen molar-refractivity contribution in [2.45, 2.75) is 46.6 Å². The van der Waals surface area contributed by atoms with Crippen LogP contribution >= 0.6 is 0 Å². The normalized spacial score (nSPS) is 12.3. The molecule has 0 aliphatic heterocycles. The van der Waals surface area contributed by atoms with Crippen LogP contribution < -0.4 is 15.8 Å². The third-order valence-electron chi connectivity index (χ3n) is 3.16. The summed E-state index contributed by atoms with van der Waals surface area (Å²) in [4.78, 5) is 11.7. The summed E-state index contributed by atoms with van der Waals surface area (Å²) in [7, 11) is 0. The minimum Gasteiger partial charge on any atom is -0.483 e. The quantitative estimate of drug-likeness (QED) is 0.773. The number of rotatable bonds is 8. The van der Waals surface area contributed by atoms with Gasteiger partial charge < -0.3 is 15.8 Å².